The number of thioether (sulfide) groups is 1. The summed E-state index contributed by atoms with van der Waals surface area (Å²) >= 11 is 1.85. The summed E-state index contributed by atoms with van der Waals surface area (Å²) in [6.45, 7) is 4.30. The number of aromatic nitrogens is 1. The number of para-hydroxylation sites is 1. The number of fused-ring (bicyclic) bond motifs is 1. The largest absolute Gasteiger partial charge is 0.255 e. The summed E-state index contributed by atoms with van der Waals surface area (Å²) < 4.78 is 0. The standard InChI is InChI=1S/C12H13NS/c1-3-14-11-6-4-5-10-9(2)7-8-13-12(10)11/h4-8H,3H2,1-2H3. The van der Waals surface area contributed by atoms with Crippen LogP contribution in [0.5, 0.6) is 0 Å². The second-order valence-corrected chi connectivity index (χ2v) is 4.52. The molecule has 2 aromatic rings. The Morgan fingerprint density at radius 3 is 2.93 bits per heavy atom. The lowest BCUT2D eigenvalue weighted by atomic mass is 10.1. The van der Waals surface area contributed by atoms with Crippen LogP contribution in [0, 0.1) is 6.92 Å². The predicted molar refractivity (Wildman–Crippen MR) is 62.9 cm³/mol. The van der Waals surface area contributed by atoms with Gasteiger partial charge in [0.25, 0.3) is 0 Å². The van der Waals surface area contributed by atoms with E-state index in [2.05, 4.69) is 43.1 Å². The highest BCUT2D eigenvalue weighted by Gasteiger charge is 2.02. The SMILES string of the molecule is CCSc1cccc2c(C)ccnc12. The number of hydrogen-bond donors (Lipinski definition) is 0. The van der Waals surface area contributed by atoms with Crippen molar-refractivity contribution in [2.45, 2.75) is 18.7 Å². The maximum Gasteiger partial charge on any atom is 0.0840 e. The van der Waals surface area contributed by atoms with E-state index in [1.54, 1.807) is 0 Å². The molecule has 0 atom stereocenters. The van der Waals surface area contributed by atoms with Crippen LogP contribution in [-0.4, -0.2) is 10.7 Å². The van der Waals surface area contributed by atoms with Gasteiger partial charge in [-0.3, -0.25) is 4.98 Å². The topological polar surface area (TPSA) is 12.9 Å². The van der Waals surface area contributed by atoms with Gasteiger partial charge in [0.1, 0.15) is 0 Å². The molecular weight excluding hydrogens is 190 g/mol. The fourth-order valence-electron chi connectivity index (χ4n) is 1.56. The number of hydrogen-bond acceptors (Lipinski definition) is 2. The molecule has 1 aromatic heterocycles. The second kappa shape index (κ2) is 4.01. The molecule has 0 fully saturated rings. The molecule has 0 saturated carbocycles. The molecule has 0 aliphatic rings. The van der Waals surface area contributed by atoms with Gasteiger partial charge < -0.3 is 0 Å². The van der Waals surface area contributed by atoms with Gasteiger partial charge in [0.15, 0.2) is 0 Å². The van der Waals surface area contributed by atoms with Gasteiger partial charge in [-0.25, -0.2) is 0 Å². The van der Waals surface area contributed by atoms with E-state index in [-0.39, 0.29) is 0 Å². The average Bonchev–Trinajstić information content (AvgIpc) is 2.20. The molecule has 1 heterocycles. The zero-order valence-electron chi connectivity index (χ0n) is 8.45. The molecule has 2 rings (SSSR count). The molecule has 0 N–H and O–H groups in total. The first-order chi connectivity index (χ1) is 6.83. The number of aryl methyl sites for hydroxylation is 1. The molecule has 1 aromatic carbocycles. The van der Waals surface area contributed by atoms with Crippen molar-refractivity contribution in [3.63, 3.8) is 0 Å². The first kappa shape index (κ1) is 9.53. The van der Waals surface area contributed by atoms with E-state index >= 15 is 0 Å². The van der Waals surface area contributed by atoms with Crippen molar-refractivity contribution in [3.05, 3.63) is 36.0 Å². The molecule has 0 aliphatic carbocycles. The van der Waals surface area contributed by atoms with E-state index in [4.69, 9.17) is 0 Å². The van der Waals surface area contributed by atoms with Gasteiger partial charge in [-0.2, -0.15) is 0 Å². The fraction of sp³-hybridized carbons (Fsp3) is 0.250. The molecule has 0 unspecified atom stereocenters. The monoisotopic (exact) mass is 203 g/mol. The van der Waals surface area contributed by atoms with Gasteiger partial charge in [-0.1, -0.05) is 19.1 Å². The second-order valence-electron chi connectivity index (χ2n) is 3.21. The highest BCUT2D eigenvalue weighted by atomic mass is 32.2. The third kappa shape index (κ3) is 1.62. The van der Waals surface area contributed by atoms with Gasteiger partial charge in [0.2, 0.25) is 0 Å². The molecule has 14 heavy (non-hydrogen) atoms. The van der Waals surface area contributed by atoms with Crippen LogP contribution in [-0.2, 0) is 0 Å². The minimum atomic E-state index is 1.09. The summed E-state index contributed by atoms with van der Waals surface area (Å²) in [5.74, 6) is 1.09. The van der Waals surface area contributed by atoms with Crippen molar-refractivity contribution in [3.8, 4) is 0 Å². The lowest BCUT2D eigenvalue weighted by Gasteiger charge is -2.05. The smallest absolute Gasteiger partial charge is 0.0840 e. The Balaban J connectivity index is 2.68. The van der Waals surface area contributed by atoms with Crippen LogP contribution in [0.1, 0.15) is 12.5 Å². The normalized spacial score (nSPS) is 10.7. The number of rotatable bonds is 2. The first-order valence-electron chi connectivity index (χ1n) is 4.80. The summed E-state index contributed by atoms with van der Waals surface area (Å²) in [4.78, 5) is 5.73. The molecule has 2 heteroatoms. The summed E-state index contributed by atoms with van der Waals surface area (Å²) in [6.07, 6.45) is 1.89. The van der Waals surface area contributed by atoms with Gasteiger partial charge >= 0.3 is 0 Å². The third-order valence-electron chi connectivity index (χ3n) is 2.25. The zero-order valence-corrected chi connectivity index (χ0v) is 9.27. The average molecular weight is 203 g/mol. The Morgan fingerprint density at radius 1 is 1.29 bits per heavy atom. The van der Waals surface area contributed by atoms with Crippen LogP contribution in [0.4, 0.5) is 0 Å². The quantitative estimate of drug-likeness (QED) is 0.691. The maximum absolute atomic E-state index is 4.44. The Labute approximate surface area is 88.6 Å². The number of pyridine rings is 1. The van der Waals surface area contributed by atoms with Crippen LogP contribution in [0.2, 0.25) is 0 Å². The molecule has 72 valence electrons. The van der Waals surface area contributed by atoms with Crippen LogP contribution in [0.15, 0.2) is 35.4 Å². The first-order valence-corrected chi connectivity index (χ1v) is 5.78. The zero-order chi connectivity index (χ0) is 9.97. The van der Waals surface area contributed by atoms with Crippen molar-refractivity contribution in [1.29, 1.82) is 0 Å². The van der Waals surface area contributed by atoms with E-state index in [0.29, 0.717) is 0 Å². The Hall–Kier alpha value is -1.02. The van der Waals surface area contributed by atoms with Gasteiger partial charge in [0.05, 0.1) is 5.52 Å². The van der Waals surface area contributed by atoms with Crippen molar-refractivity contribution in [1.82, 2.24) is 4.98 Å². The third-order valence-corrected chi connectivity index (χ3v) is 3.18. The van der Waals surface area contributed by atoms with E-state index in [0.717, 1.165) is 11.3 Å². The molecule has 0 saturated heterocycles. The number of nitrogens with zero attached hydrogens (tertiary/aromatic N) is 1. The predicted octanol–water partition coefficient (Wildman–Crippen LogP) is 3.66. The summed E-state index contributed by atoms with van der Waals surface area (Å²) in [5, 5.41) is 1.27. The minimum Gasteiger partial charge on any atom is -0.255 e. The molecule has 0 bridgehead atoms. The Morgan fingerprint density at radius 2 is 2.14 bits per heavy atom. The van der Waals surface area contributed by atoms with E-state index in [9.17, 15) is 0 Å². The van der Waals surface area contributed by atoms with Crippen molar-refractivity contribution in [2.75, 3.05) is 5.75 Å². The Bertz CT molecular complexity index is 451. The molecule has 0 radical (unpaired) electrons. The van der Waals surface area contributed by atoms with Crippen LogP contribution in [0.3, 0.4) is 0 Å². The Kier molecular flexibility index (Phi) is 2.73. The number of benzene rings is 1. The molecule has 0 spiro atoms. The van der Waals surface area contributed by atoms with Gasteiger partial charge in [-0.05, 0) is 30.4 Å². The molecule has 0 amide bonds. The highest BCUT2D eigenvalue weighted by molar-refractivity contribution is 7.99. The van der Waals surface area contributed by atoms with E-state index in [1.165, 1.54) is 15.8 Å². The van der Waals surface area contributed by atoms with E-state index < -0.39 is 0 Å². The molecule has 0 aliphatic heterocycles. The van der Waals surface area contributed by atoms with E-state index in [1.807, 2.05) is 18.0 Å². The molecule has 1 nitrogen and oxygen atoms in total. The van der Waals surface area contributed by atoms with Crippen molar-refractivity contribution in [2.24, 2.45) is 0 Å². The summed E-state index contributed by atoms with van der Waals surface area (Å²) in [5.41, 5.74) is 2.44. The van der Waals surface area contributed by atoms with Gasteiger partial charge in [0, 0.05) is 16.5 Å². The van der Waals surface area contributed by atoms with Crippen LogP contribution in [0.25, 0.3) is 10.9 Å². The van der Waals surface area contributed by atoms with Crippen molar-refractivity contribution < 1.29 is 0 Å². The summed E-state index contributed by atoms with van der Waals surface area (Å²) in [6, 6.07) is 8.44. The van der Waals surface area contributed by atoms with Gasteiger partial charge in [-0.15, -0.1) is 11.8 Å². The van der Waals surface area contributed by atoms with Crippen molar-refractivity contribution >= 4 is 22.7 Å². The lowest BCUT2D eigenvalue weighted by Crippen LogP contribution is -1.85. The molecular formula is C12H13NS. The van der Waals surface area contributed by atoms with Crippen LogP contribution < -0.4 is 0 Å². The maximum atomic E-state index is 4.44. The lowest BCUT2D eigenvalue weighted by molar-refractivity contribution is 1.32. The van der Waals surface area contributed by atoms with Crippen LogP contribution >= 0.6 is 11.8 Å². The fourth-order valence-corrected chi connectivity index (χ4v) is 2.34. The highest BCUT2D eigenvalue weighted by Crippen LogP contribution is 2.27. The summed E-state index contributed by atoms with van der Waals surface area (Å²) in [7, 11) is 0. The minimum absolute atomic E-state index is 1.09.